The predicted octanol–water partition coefficient (Wildman–Crippen LogP) is 3.56. The summed E-state index contributed by atoms with van der Waals surface area (Å²) in [4.78, 5) is 36.2. The number of urea groups is 2. The van der Waals surface area contributed by atoms with Crippen LogP contribution in [0.3, 0.4) is 0 Å². The molecule has 2 aliphatic rings. The standard InChI is InChI=1S/C7H6N2O.C4H8N2O.C3H6N2O.3C2H6.CH4/c10-7-8-5-3-1-2-4-6(5)9-7;7-4-5-2-1-3-6-4;6-3-4-1-2-5-3;3*1-2;/h1-4H,(H2,8,9,10);1-3H2,(H2,5,6,7);1-2H2,(H2,4,5,6);3*1-2H3;1H4. The third-order valence-electron chi connectivity index (χ3n) is 3.04. The van der Waals surface area contributed by atoms with Gasteiger partial charge in [-0.2, -0.15) is 0 Å². The number of H-pyrrole nitrogens is 2. The first-order chi connectivity index (χ1) is 14.1. The summed E-state index contributed by atoms with van der Waals surface area (Å²) in [5, 5.41) is 10.4. The van der Waals surface area contributed by atoms with Crippen LogP contribution in [0.25, 0.3) is 11.0 Å². The summed E-state index contributed by atoms with van der Waals surface area (Å²) in [6.45, 7) is 15.2. The lowest BCUT2D eigenvalue weighted by atomic mass is 10.3. The lowest BCUT2D eigenvalue weighted by Gasteiger charge is -2.11. The molecule has 1 aromatic heterocycles. The van der Waals surface area contributed by atoms with Crippen LogP contribution < -0.4 is 27.0 Å². The largest absolute Gasteiger partial charge is 0.338 e. The minimum absolute atomic E-state index is 0. The van der Waals surface area contributed by atoms with Crippen LogP contribution in [-0.2, 0) is 0 Å². The van der Waals surface area contributed by atoms with Crippen LogP contribution in [0.5, 0.6) is 0 Å². The van der Waals surface area contributed by atoms with E-state index in [4.69, 9.17) is 0 Å². The fraction of sp³-hybridized carbons (Fsp3) is 0.571. The number of rotatable bonds is 0. The SMILES string of the molecule is C.CC.CC.CC.O=C1NCCCN1.O=C1NCCN1.O=c1[nH]c2ccccc2[nH]1. The topological polar surface area (TPSA) is 131 Å². The molecule has 4 amide bonds. The van der Waals surface area contributed by atoms with E-state index in [1.165, 1.54) is 0 Å². The van der Waals surface area contributed by atoms with Gasteiger partial charge in [-0.3, -0.25) is 0 Å². The highest BCUT2D eigenvalue weighted by Gasteiger charge is 2.03. The van der Waals surface area contributed by atoms with Crippen molar-refractivity contribution in [2.45, 2.75) is 55.4 Å². The maximum Gasteiger partial charge on any atom is 0.323 e. The number of carbonyl (C=O) groups excluding carboxylic acids is 2. The molecular weight excluding hydrogens is 384 g/mol. The Morgan fingerprint density at radius 1 is 0.600 bits per heavy atom. The van der Waals surface area contributed by atoms with Gasteiger partial charge in [-0.1, -0.05) is 61.1 Å². The Kier molecular flexibility index (Phi) is 23.6. The first kappa shape index (κ1) is 31.7. The van der Waals surface area contributed by atoms with Crippen molar-refractivity contribution in [2.24, 2.45) is 0 Å². The summed E-state index contributed by atoms with van der Waals surface area (Å²) >= 11 is 0. The molecule has 9 nitrogen and oxygen atoms in total. The molecule has 0 saturated carbocycles. The fourth-order valence-corrected chi connectivity index (χ4v) is 1.95. The number of para-hydroxylation sites is 2. The highest BCUT2D eigenvalue weighted by atomic mass is 16.2. The van der Waals surface area contributed by atoms with Crippen molar-refractivity contribution >= 4 is 23.1 Å². The second-order valence-electron chi connectivity index (χ2n) is 4.84. The average Bonchev–Trinajstić information content (AvgIpc) is 3.41. The number of aromatic amines is 2. The van der Waals surface area contributed by atoms with Crippen LogP contribution in [0.15, 0.2) is 29.1 Å². The summed E-state index contributed by atoms with van der Waals surface area (Å²) in [7, 11) is 0. The van der Waals surface area contributed by atoms with Crippen LogP contribution in [0.2, 0.25) is 0 Å². The highest BCUT2D eigenvalue weighted by molar-refractivity contribution is 5.75. The molecule has 2 saturated heterocycles. The summed E-state index contributed by atoms with van der Waals surface area (Å²) in [5.74, 6) is 0. The Labute approximate surface area is 180 Å². The van der Waals surface area contributed by atoms with E-state index in [0.29, 0.717) is 0 Å². The second-order valence-corrected chi connectivity index (χ2v) is 4.84. The first-order valence-electron chi connectivity index (χ1n) is 10.4. The van der Waals surface area contributed by atoms with E-state index in [1.807, 2.05) is 65.8 Å². The zero-order valence-corrected chi connectivity index (χ0v) is 18.6. The number of benzene rings is 1. The zero-order chi connectivity index (χ0) is 22.5. The van der Waals surface area contributed by atoms with E-state index in [0.717, 1.165) is 43.6 Å². The maximum absolute atomic E-state index is 10.7. The molecule has 4 rings (SSSR count). The van der Waals surface area contributed by atoms with Crippen molar-refractivity contribution in [1.29, 1.82) is 0 Å². The molecule has 0 unspecified atom stereocenters. The van der Waals surface area contributed by atoms with Gasteiger partial charge in [0.15, 0.2) is 0 Å². The molecule has 174 valence electrons. The summed E-state index contributed by atoms with van der Waals surface area (Å²) < 4.78 is 0. The summed E-state index contributed by atoms with van der Waals surface area (Å²) in [6, 6.07) is 7.39. The Bertz CT molecular complexity index is 660. The number of hydrogen-bond acceptors (Lipinski definition) is 3. The molecule has 3 heterocycles. The third kappa shape index (κ3) is 15.0. The van der Waals surface area contributed by atoms with Gasteiger partial charge in [0.05, 0.1) is 11.0 Å². The molecule has 2 aromatic rings. The molecule has 0 atom stereocenters. The van der Waals surface area contributed by atoms with Crippen molar-refractivity contribution < 1.29 is 9.59 Å². The number of amides is 4. The van der Waals surface area contributed by atoms with Gasteiger partial charge in [-0.05, 0) is 18.6 Å². The summed E-state index contributed by atoms with van der Waals surface area (Å²) in [5.41, 5.74) is 1.56. The van der Waals surface area contributed by atoms with Gasteiger partial charge in [0.1, 0.15) is 0 Å². The molecule has 30 heavy (non-hydrogen) atoms. The molecule has 0 spiro atoms. The van der Waals surface area contributed by atoms with E-state index in [-0.39, 0.29) is 25.2 Å². The lowest BCUT2D eigenvalue weighted by molar-refractivity contribution is 0.236. The van der Waals surface area contributed by atoms with Gasteiger partial charge in [-0.25, -0.2) is 14.4 Å². The maximum atomic E-state index is 10.7. The Morgan fingerprint density at radius 3 is 1.20 bits per heavy atom. The van der Waals surface area contributed by atoms with E-state index < -0.39 is 0 Å². The molecule has 1 aromatic carbocycles. The quantitative estimate of drug-likeness (QED) is 0.385. The zero-order valence-electron chi connectivity index (χ0n) is 18.6. The number of carbonyl (C=O) groups is 2. The average molecular weight is 427 g/mol. The molecule has 2 fully saturated rings. The first-order valence-corrected chi connectivity index (χ1v) is 10.4. The van der Waals surface area contributed by atoms with E-state index in [2.05, 4.69) is 31.2 Å². The van der Waals surface area contributed by atoms with Crippen molar-refractivity contribution in [3.05, 3.63) is 34.7 Å². The van der Waals surface area contributed by atoms with Crippen molar-refractivity contribution in [2.75, 3.05) is 26.2 Å². The Morgan fingerprint density at radius 2 is 0.933 bits per heavy atom. The smallest absolute Gasteiger partial charge is 0.323 e. The Hall–Kier alpha value is -2.97. The third-order valence-corrected chi connectivity index (χ3v) is 3.04. The van der Waals surface area contributed by atoms with Gasteiger partial charge < -0.3 is 31.2 Å². The molecule has 0 radical (unpaired) electrons. The summed E-state index contributed by atoms with van der Waals surface area (Å²) in [6.07, 6.45) is 1.05. The van der Waals surface area contributed by atoms with Crippen LogP contribution in [-0.4, -0.2) is 48.2 Å². The molecule has 6 N–H and O–H groups in total. The van der Waals surface area contributed by atoms with E-state index >= 15 is 0 Å². The van der Waals surface area contributed by atoms with Gasteiger partial charge in [0.25, 0.3) is 0 Å². The monoisotopic (exact) mass is 426 g/mol. The van der Waals surface area contributed by atoms with Crippen LogP contribution in [0.1, 0.15) is 55.4 Å². The van der Waals surface area contributed by atoms with E-state index in [9.17, 15) is 14.4 Å². The molecule has 0 aliphatic carbocycles. The van der Waals surface area contributed by atoms with E-state index in [1.54, 1.807) is 0 Å². The second kappa shape index (κ2) is 22.3. The lowest BCUT2D eigenvalue weighted by Crippen LogP contribution is -2.42. The molecule has 9 heteroatoms. The fourth-order valence-electron chi connectivity index (χ4n) is 1.95. The molecule has 0 bridgehead atoms. The van der Waals surface area contributed by atoms with Gasteiger partial charge in [-0.15, -0.1) is 0 Å². The normalized spacial score (nSPS) is 12.7. The minimum atomic E-state index is -0.152. The number of imidazole rings is 1. The minimum Gasteiger partial charge on any atom is -0.338 e. The highest BCUT2D eigenvalue weighted by Crippen LogP contribution is 2.03. The van der Waals surface area contributed by atoms with Crippen molar-refractivity contribution in [1.82, 2.24) is 31.2 Å². The number of hydrogen-bond donors (Lipinski definition) is 6. The number of fused-ring (bicyclic) bond motifs is 1. The predicted molar refractivity (Wildman–Crippen MR) is 127 cm³/mol. The van der Waals surface area contributed by atoms with Gasteiger partial charge >= 0.3 is 17.8 Å². The van der Waals surface area contributed by atoms with Gasteiger partial charge in [0.2, 0.25) is 0 Å². The van der Waals surface area contributed by atoms with Crippen LogP contribution in [0, 0.1) is 0 Å². The van der Waals surface area contributed by atoms with Crippen LogP contribution in [0.4, 0.5) is 9.59 Å². The number of nitrogens with one attached hydrogen (secondary N) is 6. The van der Waals surface area contributed by atoms with Gasteiger partial charge in [0, 0.05) is 26.2 Å². The van der Waals surface area contributed by atoms with Crippen LogP contribution >= 0.6 is 0 Å². The number of aromatic nitrogens is 2. The van der Waals surface area contributed by atoms with Crippen molar-refractivity contribution in [3.63, 3.8) is 0 Å². The molecule has 2 aliphatic heterocycles. The Balaban J connectivity index is -0.000000327. The van der Waals surface area contributed by atoms with Crippen molar-refractivity contribution in [3.8, 4) is 0 Å². The molecular formula is C21H42N6O3.